The van der Waals surface area contributed by atoms with Crippen LogP contribution in [0.3, 0.4) is 0 Å². The molecule has 0 unspecified atom stereocenters. The number of hydrogen-bond acceptors (Lipinski definition) is 8. The Morgan fingerprint density at radius 2 is 1.86 bits per heavy atom. The average molecular weight is 666 g/mol. The molecule has 1 aromatic heterocycles. The lowest BCUT2D eigenvalue weighted by Gasteiger charge is -2.12. The van der Waals surface area contributed by atoms with Crippen molar-refractivity contribution in [2.45, 2.75) is 23.6 Å². The average Bonchev–Trinajstić information content (AvgIpc) is 3.43. The van der Waals surface area contributed by atoms with Crippen LogP contribution >= 0.6 is 35.0 Å². The lowest BCUT2D eigenvalue weighted by Crippen LogP contribution is -2.21. The van der Waals surface area contributed by atoms with Gasteiger partial charge in [0.1, 0.15) is 0 Å². The fourth-order valence-corrected chi connectivity index (χ4v) is 5.00. The number of rotatable bonds is 11. The number of nitrogens with one attached hydrogen (secondary N) is 2. The molecule has 1 heterocycles. The van der Waals surface area contributed by atoms with Crippen LogP contribution in [0.5, 0.6) is 0 Å². The Hall–Kier alpha value is -3.98. The van der Waals surface area contributed by atoms with Crippen molar-refractivity contribution in [1.82, 2.24) is 30.5 Å². The number of benzene rings is 3. The third kappa shape index (κ3) is 9.02. The Kier molecular flexibility index (Phi) is 11.0. The molecule has 0 spiro atoms. The zero-order valence-corrected chi connectivity index (χ0v) is 25.6. The zero-order chi connectivity index (χ0) is 31.9. The van der Waals surface area contributed by atoms with Gasteiger partial charge in [0.05, 0.1) is 34.6 Å². The van der Waals surface area contributed by atoms with Crippen LogP contribution in [-0.4, -0.2) is 63.8 Å². The lowest BCUT2D eigenvalue weighted by atomic mass is 10.1. The van der Waals surface area contributed by atoms with E-state index in [0.29, 0.717) is 23.0 Å². The summed E-state index contributed by atoms with van der Waals surface area (Å²) in [6.07, 6.45) is -3.61. The standard InChI is InChI=1S/C28H25Cl2F3N8O2S/c1-40(2)10-11-41-27(37-38-39-41)44-16-18-4-3-5-19(12-18)25(42)35-24-9-7-20(29)14-21(24)26(43)36-34-15-17-6-8-23(30)22(13-17)28(31,32)33/h3-9,12-15H,10-11,16H2,1-2H3,(H,35,42)(H,36,43)/b34-15-. The summed E-state index contributed by atoms with van der Waals surface area (Å²) >= 11 is 13.2. The summed E-state index contributed by atoms with van der Waals surface area (Å²) in [6, 6.07) is 14.5. The van der Waals surface area contributed by atoms with E-state index in [1.54, 1.807) is 22.9 Å². The van der Waals surface area contributed by atoms with Crippen molar-refractivity contribution in [3.63, 3.8) is 0 Å². The maximum absolute atomic E-state index is 13.1. The van der Waals surface area contributed by atoms with Crippen molar-refractivity contribution in [3.8, 4) is 0 Å². The second-order valence-electron chi connectivity index (χ2n) is 9.56. The third-order valence-corrected chi connectivity index (χ3v) is 7.56. The first kappa shape index (κ1) is 32.9. The van der Waals surface area contributed by atoms with Crippen molar-refractivity contribution in [2.75, 3.05) is 26.0 Å². The maximum Gasteiger partial charge on any atom is 0.417 e. The van der Waals surface area contributed by atoms with Crippen molar-refractivity contribution in [1.29, 1.82) is 0 Å². The normalized spacial score (nSPS) is 11.7. The van der Waals surface area contributed by atoms with Crippen LogP contribution in [0, 0.1) is 0 Å². The molecule has 0 atom stereocenters. The van der Waals surface area contributed by atoms with Crippen molar-refractivity contribution in [2.24, 2.45) is 5.10 Å². The molecule has 0 aliphatic rings. The molecule has 0 saturated heterocycles. The first-order valence-corrected chi connectivity index (χ1v) is 14.6. The minimum Gasteiger partial charge on any atom is -0.321 e. The van der Waals surface area contributed by atoms with Crippen LogP contribution in [0.1, 0.15) is 37.4 Å². The molecule has 3 aromatic carbocycles. The molecule has 0 saturated carbocycles. The highest BCUT2D eigenvalue weighted by Gasteiger charge is 2.33. The zero-order valence-electron chi connectivity index (χ0n) is 23.3. The summed E-state index contributed by atoms with van der Waals surface area (Å²) < 4.78 is 41.1. The number of thioether (sulfide) groups is 1. The molecule has 16 heteroatoms. The van der Waals surface area contributed by atoms with E-state index in [0.717, 1.165) is 30.5 Å². The SMILES string of the molecule is CN(C)CCn1nnnc1SCc1cccc(C(=O)Nc2ccc(Cl)cc2C(=O)N/N=C\c2ccc(Cl)c(C(F)(F)F)c2)c1. The molecular weight excluding hydrogens is 640 g/mol. The topological polar surface area (TPSA) is 117 Å². The van der Waals surface area contributed by atoms with Crippen LogP contribution in [0.15, 0.2) is 70.9 Å². The molecule has 2 N–H and O–H groups in total. The van der Waals surface area contributed by atoms with Crippen molar-refractivity contribution >= 4 is 58.7 Å². The number of aromatic nitrogens is 4. The molecule has 0 fully saturated rings. The smallest absolute Gasteiger partial charge is 0.321 e. The van der Waals surface area contributed by atoms with Gasteiger partial charge in [-0.2, -0.15) is 18.3 Å². The molecule has 0 radical (unpaired) electrons. The summed E-state index contributed by atoms with van der Waals surface area (Å²) in [4.78, 5) is 28.1. The Labute approximate surface area is 264 Å². The van der Waals surface area contributed by atoms with E-state index in [1.165, 1.54) is 36.0 Å². The van der Waals surface area contributed by atoms with Crippen LogP contribution in [-0.2, 0) is 18.5 Å². The number of carbonyl (C=O) groups excluding carboxylic acids is 2. The highest BCUT2D eigenvalue weighted by atomic mass is 35.5. The summed E-state index contributed by atoms with van der Waals surface area (Å²) in [5.41, 5.74) is 2.61. The number of anilines is 1. The summed E-state index contributed by atoms with van der Waals surface area (Å²) in [7, 11) is 3.92. The second kappa shape index (κ2) is 14.7. The molecule has 44 heavy (non-hydrogen) atoms. The molecule has 4 aromatic rings. The van der Waals surface area contributed by atoms with E-state index < -0.39 is 28.6 Å². The fraction of sp³-hybridized carbons (Fsp3) is 0.214. The van der Waals surface area contributed by atoms with E-state index in [1.807, 2.05) is 25.1 Å². The van der Waals surface area contributed by atoms with E-state index in [4.69, 9.17) is 23.2 Å². The summed E-state index contributed by atoms with van der Waals surface area (Å²) in [5.74, 6) is -0.719. The van der Waals surface area contributed by atoms with E-state index in [2.05, 4.69) is 31.4 Å². The molecule has 0 bridgehead atoms. The van der Waals surface area contributed by atoms with Crippen molar-refractivity contribution < 1.29 is 22.8 Å². The number of carbonyl (C=O) groups is 2. The molecule has 2 amide bonds. The Balaban J connectivity index is 1.42. The monoisotopic (exact) mass is 664 g/mol. The van der Waals surface area contributed by atoms with Gasteiger partial charge in [0.15, 0.2) is 0 Å². The third-order valence-electron chi connectivity index (χ3n) is 5.97. The number of likely N-dealkylation sites (N-methyl/N-ethyl adjacent to an activating group) is 1. The molecule has 0 aliphatic heterocycles. The molecular formula is C28H25Cl2F3N8O2S. The number of nitrogens with zero attached hydrogens (tertiary/aromatic N) is 6. The second-order valence-corrected chi connectivity index (χ2v) is 11.3. The number of tetrazole rings is 1. The first-order chi connectivity index (χ1) is 20.9. The van der Waals surface area contributed by atoms with Gasteiger partial charge < -0.3 is 10.2 Å². The highest BCUT2D eigenvalue weighted by molar-refractivity contribution is 7.98. The van der Waals surface area contributed by atoms with Gasteiger partial charge in [-0.1, -0.05) is 53.2 Å². The predicted molar refractivity (Wildman–Crippen MR) is 163 cm³/mol. The van der Waals surface area contributed by atoms with E-state index in [-0.39, 0.29) is 21.8 Å². The van der Waals surface area contributed by atoms with Gasteiger partial charge >= 0.3 is 6.18 Å². The summed E-state index contributed by atoms with van der Waals surface area (Å²) in [5, 5.41) is 18.7. The molecule has 10 nitrogen and oxygen atoms in total. The largest absolute Gasteiger partial charge is 0.417 e. The van der Waals surface area contributed by atoms with Crippen LogP contribution in [0.2, 0.25) is 10.0 Å². The minimum absolute atomic E-state index is 0.00800. The number of alkyl halides is 3. The molecule has 230 valence electrons. The highest BCUT2D eigenvalue weighted by Crippen LogP contribution is 2.35. The van der Waals surface area contributed by atoms with Crippen molar-refractivity contribution in [3.05, 3.63) is 98.5 Å². The van der Waals surface area contributed by atoms with Gasteiger partial charge in [-0.15, -0.1) is 5.10 Å². The van der Waals surface area contributed by atoms with Gasteiger partial charge in [0.25, 0.3) is 11.8 Å². The lowest BCUT2D eigenvalue weighted by molar-refractivity contribution is -0.137. The Morgan fingerprint density at radius 3 is 2.61 bits per heavy atom. The molecule has 0 aliphatic carbocycles. The van der Waals surface area contributed by atoms with Crippen LogP contribution < -0.4 is 10.7 Å². The fourth-order valence-electron chi connectivity index (χ4n) is 3.76. The van der Waals surface area contributed by atoms with Gasteiger partial charge in [-0.05, 0) is 78.1 Å². The maximum atomic E-state index is 13.1. The predicted octanol–water partition coefficient (Wildman–Crippen LogP) is 5.87. The first-order valence-electron chi connectivity index (χ1n) is 12.8. The quantitative estimate of drug-likeness (QED) is 0.117. The van der Waals surface area contributed by atoms with Gasteiger partial charge in [-0.3, -0.25) is 9.59 Å². The van der Waals surface area contributed by atoms with Crippen LogP contribution in [0.25, 0.3) is 0 Å². The van der Waals surface area contributed by atoms with E-state index in [9.17, 15) is 22.8 Å². The van der Waals surface area contributed by atoms with Gasteiger partial charge in [-0.25, -0.2) is 10.1 Å². The number of halogens is 5. The number of hydrogen-bond donors (Lipinski definition) is 2. The van der Waals surface area contributed by atoms with Gasteiger partial charge in [0, 0.05) is 22.9 Å². The Morgan fingerprint density at radius 1 is 1.07 bits per heavy atom. The van der Waals surface area contributed by atoms with Crippen LogP contribution in [0.4, 0.5) is 18.9 Å². The Bertz CT molecular complexity index is 1680. The minimum atomic E-state index is -4.65. The number of amides is 2. The molecule has 4 rings (SSSR count). The van der Waals surface area contributed by atoms with E-state index >= 15 is 0 Å². The van der Waals surface area contributed by atoms with Gasteiger partial charge in [0.2, 0.25) is 5.16 Å². The number of hydrazone groups is 1. The summed E-state index contributed by atoms with van der Waals surface area (Å²) in [6.45, 7) is 1.41.